The molecule has 6 heteroatoms. The van der Waals surface area contributed by atoms with E-state index in [0.29, 0.717) is 13.1 Å². The van der Waals surface area contributed by atoms with Crippen molar-refractivity contribution in [3.63, 3.8) is 0 Å². The van der Waals surface area contributed by atoms with E-state index < -0.39 is 0 Å². The number of hydrogen-bond acceptors (Lipinski definition) is 2. The Balaban J connectivity index is 0.000000217. The zero-order chi connectivity index (χ0) is 15.1. The normalized spacial score (nSPS) is 18.3. The first-order valence-electron chi connectivity index (χ1n) is 6.73. The lowest BCUT2D eigenvalue weighted by molar-refractivity contribution is 0.199. The molecule has 0 radical (unpaired) electrons. The zero-order valence-electron chi connectivity index (χ0n) is 12.4. The lowest BCUT2D eigenvalue weighted by atomic mass is 10.5. The fourth-order valence-electron chi connectivity index (χ4n) is 2.07. The third kappa shape index (κ3) is 4.01. The van der Waals surface area contributed by atoms with Crippen LogP contribution in [0.5, 0.6) is 0 Å². The fourth-order valence-corrected chi connectivity index (χ4v) is 2.07. The first-order valence-corrected chi connectivity index (χ1v) is 6.73. The maximum atomic E-state index is 11.4. The molecule has 2 saturated heterocycles. The molecule has 2 aliphatic rings. The Bertz CT molecular complexity index is 351. The number of nitrogens with zero attached hydrogens (tertiary/aromatic N) is 4. The zero-order valence-corrected chi connectivity index (χ0v) is 12.4. The minimum absolute atomic E-state index is 0.0924. The number of hydrogen-bond donors (Lipinski definition) is 0. The summed E-state index contributed by atoms with van der Waals surface area (Å²) in [5.41, 5.74) is 0. The molecule has 20 heavy (non-hydrogen) atoms. The lowest BCUT2D eigenvalue weighted by Gasteiger charge is -2.15. The van der Waals surface area contributed by atoms with Crippen molar-refractivity contribution in [2.75, 3.05) is 53.4 Å². The molecule has 2 aliphatic heterocycles. The molecule has 0 bridgehead atoms. The van der Waals surface area contributed by atoms with Crippen LogP contribution in [0.1, 0.15) is 0 Å². The molecule has 2 heterocycles. The topological polar surface area (TPSA) is 47.1 Å². The SMILES string of the molecule is C=CCN1CCN(CC=C)C1=O.CN1CCN(C)C1=O. The van der Waals surface area contributed by atoms with Crippen LogP contribution in [0.15, 0.2) is 25.3 Å². The van der Waals surface area contributed by atoms with Gasteiger partial charge in [-0.25, -0.2) is 9.59 Å². The molecule has 0 aromatic carbocycles. The van der Waals surface area contributed by atoms with Gasteiger partial charge in [-0.15, -0.1) is 13.2 Å². The molecule has 112 valence electrons. The van der Waals surface area contributed by atoms with Crippen molar-refractivity contribution in [1.29, 1.82) is 0 Å². The van der Waals surface area contributed by atoms with Gasteiger partial charge >= 0.3 is 12.1 Å². The molecule has 4 amide bonds. The van der Waals surface area contributed by atoms with Crippen molar-refractivity contribution in [3.05, 3.63) is 25.3 Å². The first kappa shape index (κ1) is 16.1. The van der Waals surface area contributed by atoms with Gasteiger partial charge in [0.05, 0.1) is 0 Å². The van der Waals surface area contributed by atoms with Crippen LogP contribution in [-0.4, -0.2) is 85.0 Å². The van der Waals surface area contributed by atoms with E-state index in [1.807, 2.05) is 14.1 Å². The van der Waals surface area contributed by atoms with Gasteiger partial charge in [0.2, 0.25) is 0 Å². The number of urea groups is 2. The Labute approximate surface area is 120 Å². The van der Waals surface area contributed by atoms with Crippen LogP contribution in [0, 0.1) is 0 Å². The van der Waals surface area contributed by atoms with E-state index in [-0.39, 0.29) is 12.1 Å². The predicted molar refractivity (Wildman–Crippen MR) is 79.6 cm³/mol. The maximum Gasteiger partial charge on any atom is 0.320 e. The summed E-state index contributed by atoms with van der Waals surface area (Å²) in [5, 5.41) is 0. The van der Waals surface area contributed by atoms with Crippen molar-refractivity contribution < 1.29 is 9.59 Å². The average molecular weight is 280 g/mol. The largest absolute Gasteiger partial charge is 0.326 e. The summed E-state index contributed by atoms with van der Waals surface area (Å²) in [7, 11) is 3.62. The monoisotopic (exact) mass is 280 g/mol. The van der Waals surface area contributed by atoms with Gasteiger partial charge in [-0.05, 0) is 0 Å². The molecule has 0 aromatic heterocycles. The average Bonchev–Trinajstić information content (AvgIpc) is 2.91. The summed E-state index contributed by atoms with van der Waals surface area (Å²) in [5.74, 6) is 0. The van der Waals surface area contributed by atoms with Crippen LogP contribution in [0.3, 0.4) is 0 Å². The minimum Gasteiger partial charge on any atom is -0.326 e. The number of amides is 4. The molecule has 0 aliphatic carbocycles. The van der Waals surface area contributed by atoms with Gasteiger partial charge in [0.25, 0.3) is 0 Å². The quantitative estimate of drug-likeness (QED) is 0.723. The second kappa shape index (κ2) is 7.57. The van der Waals surface area contributed by atoms with Crippen molar-refractivity contribution in [3.8, 4) is 0 Å². The molecule has 0 saturated carbocycles. The Morgan fingerprint density at radius 1 is 0.850 bits per heavy atom. The van der Waals surface area contributed by atoms with Crippen LogP contribution < -0.4 is 0 Å². The van der Waals surface area contributed by atoms with Gasteiger partial charge in [0.15, 0.2) is 0 Å². The highest BCUT2D eigenvalue weighted by molar-refractivity contribution is 5.76. The minimum atomic E-state index is 0.0924. The van der Waals surface area contributed by atoms with Crippen LogP contribution in [0.4, 0.5) is 9.59 Å². The smallest absolute Gasteiger partial charge is 0.320 e. The van der Waals surface area contributed by atoms with Crippen molar-refractivity contribution in [1.82, 2.24) is 19.6 Å². The van der Waals surface area contributed by atoms with Gasteiger partial charge in [-0.1, -0.05) is 12.2 Å². The van der Waals surface area contributed by atoms with Gasteiger partial charge < -0.3 is 19.6 Å². The van der Waals surface area contributed by atoms with Crippen molar-refractivity contribution >= 4 is 12.1 Å². The van der Waals surface area contributed by atoms with Gasteiger partial charge in [-0.3, -0.25) is 0 Å². The number of carbonyl (C=O) groups is 2. The van der Waals surface area contributed by atoms with Crippen LogP contribution in [-0.2, 0) is 0 Å². The van der Waals surface area contributed by atoms with E-state index in [1.165, 1.54) is 0 Å². The van der Waals surface area contributed by atoms with E-state index in [4.69, 9.17) is 0 Å². The Morgan fingerprint density at radius 2 is 1.25 bits per heavy atom. The molecule has 0 atom stereocenters. The summed E-state index contributed by atoms with van der Waals surface area (Å²) in [4.78, 5) is 29.2. The van der Waals surface area contributed by atoms with Gasteiger partial charge in [0, 0.05) is 53.4 Å². The summed E-state index contributed by atoms with van der Waals surface area (Å²) >= 11 is 0. The summed E-state index contributed by atoms with van der Waals surface area (Å²) in [6, 6.07) is 0.222. The number of carbonyl (C=O) groups excluding carboxylic acids is 2. The highest BCUT2D eigenvalue weighted by atomic mass is 16.2. The van der Waals surface area contributed by atoms with Crippen LogP contribution >= 0.6 is 0 Å². The Kier molecular flexibility index (Phi) is 6.09. The molecule has 0 spiro atoms. The number of rotatable bonds is 4. The molecular formula is C14H24N4O2. The van der Waals surface area contributed by atoms with E-state index in [0.717, 1.165) is 26.2 Å². The van der Waals surface area contributed by atoms with Gasteiger partial charge in [0.1, 0.15) is 0 Å². The van der Waals surface area contributed by atoms with Gasteiger partial charge in [-0.2, -0.15) is 0 Å². The first-order chi connectivity index (χ1) is 9.51. The fraction of sp³-hybridized carbons (Fsp3) is 0.571. The van der Waals surface area contributed by atoms with Crippen LogP contribution in [0.2, 0.25) is 0 Å². The van der Waals surface area contributed by atoms with Crippen molar-refractivity contribution in [2.45, 2.75) is 0 Å². The third-order valence-electron chi connectivity index (χ3n) is 3.30. The summed E-state index contributed by atoms with van der Waals surface area (Å²) in [6.07, 6.45) is 3.49. The predicted octanol–water partition coefficient (Wildman–Crippen LogP) is 1.08. The molecule has 6 nitrogen and oxygen atoms in total. The van der Waals surface area contributed by atoms with E-state index >= 15 is 0 Å². The Morgan fingerprint density at radius 3 is 1.50 bits per heavy atom. The standard InChI is InChI=1S/C9H14N2O.C5H10N2O/c1-3-5-10-7-8-11(6-4-2)9(10)12;1-6-3-4-7(2)5(6)8/h3-4H,1-2,5-8H2;3-4H2,1-2H3. The maximum absolute atomic E-state index is 11.4. The lowest BCUT2D eigenvalue weighted by Crippen LogP contribution is -2.31. The molecule has 2 rings (SSSR count). The Hall–Kier alpha value is -1.98. The molecule has 0 N–H and O–H groups in total. The highest BCUT2D eigenvalue weighted by Gasteiger charge is 2.25. The molecule has 0 aromatic rings. The van der Waals surface area contributed by atoms with E-state index in [1.54, 1.807) is 31.8 Å². The summed E-state index contributed by atoms with van der Waals surface area (Å²) < 4.78 is 0. The van der Waals surface area contributed by atoms with E-state index in [2.05, 4.69) is 13.2 Å². The van der Waals surface area contributed by atoms with Crippen molar-refractivity contribution in [2.24, 2.45) is 0 Å². The highest BCUT2D eigenvalue weighted by Crippen LogP contribution is 2.07. The molecule has 0 unspecified atom stereocenters. The summed E-state index contributed by atoms with van der Waals surface area (Å²) in [6.45, 7) is 11.8. The second-order valence-electron chi connectivity index (χ2n) is 4.88. The van der Waals surface area contributed by atoms with E-state index in [9.17, 15) is 9.59 Å². The second-order valence-corrected chi connectivity index (χ2v) is 4.88. The number of likely N-dealkylation sites (N-methyl/N-ethyl adjacent to an activating group) is 2. The molecular weight excluding hydrogens is 256 g/mol. The van der Waals surface area contributed by atoms with Crippen LogP contribution in [0.25, 0.3) is 0 Å². The third-order valence-corrected chi connectivity index (χ3v) is 3.30. The molecule has 2 fully saturated rings.